The van der Waals surface area contributed by atoms with Crippen LogP contribution in [-0.2, 0) is 22.4 Å². The molecule has 0 saturated heterocycles. The van der Waals surface area contributed by atoms with Gasteiger partial charge in [0, 0.05) is 24.3 Å². The van der Waals surface area contributed by atoms with Crippen molar-refractivity contribution in [1.29, 1.82) is 0 Å². The van der Waals surface area contributed by atoms with E-state index in [1.165, 1.54) is 28.8 Å². The molecule has 21 heavy (non-hydrogen) atoms. The lowest BCUT2D eigenvalue weighted by atomic mass is 10.2. The minimum absolute atomic E-state index is 0.0759. The number of thiazole rings is 1. The van der Waals surface area contributed by atoms with Crippen LogP contribution < -0.4 is 0 Å². The van der Waals surface area contributed by atoms with Crippen molar-refractivity contribution in [3.8, 4) is 0 Å². The molecule has 0 aliphatic rings. The lowest BCUT2D eigenvalue weighted by Gasteiger charge is -2.18. The molecule has 4 nitrogen and oxygen atoms in total. The first-order valence-electron chi connectivity index (χ1n) is 6.06. The lowest BCUT2D eigenvalue weighted by molar-refractivity contribution is 0.468. The van der Waals surface area contributed by atoms with E-state index in [9.17, 15) is 8.42 Å². The zero-order valence-corrected chi connectivity index (χ0v) is 14.7. The maximum absolute atomic E-state index is 12.6. The molecule has 0 bridgehead atoms. The second-order valence-corrected chi connectivity index (χ2v) is 8.15. The van der Waals surface area contributed by atoms with Gasteiger partial charge in [0.05, 0.1) is 16.2 Å². The molecule has 0 amide bonds. The van der Waals surface area contributed by atoms with Gasteiger partial charge in [0.1, 0.15) is 4.90 Å². The van der Waals surface area contributed by atoms with Crippen LogP contribution in [0.1, 0.15) is 16.1 Å². The van der Waals surface area contributed by atoms with Gasteiger partial charge >= 0.3 is 0 Å². The summed E-state index contributed by atoms with van der Waals surface area (Å²) in [5, 5.41) is 0.191. The summed E-state index contributed by atoms with van der Waals surface area (Å²) >= 11 is 13.2. The fraction of sp³-hybridized carbons (Fsp3) is 0.308. The Bertz CT molecular complexity index is 744. The molecule has 114 valence electrons. The van der Waals surface area contributed by atoms with Crippen LogP contribution in [-0.4, -0.2) is 24.8 Å². The second-order valence-electron chi connectivity index (χ2n) is 4.52. The van der Waals surface area contributed by atoms with E-state index in [4.69, 9.17) is 23.2 Å². The van der Waals surface area contributed by atoms with Crippen LogP contribution in [0.3, 0.4) is 0 Å². The van der Waals surface area contributed by atoms with E-state index >= 15 is 0 Å². The summed E-state index contributed by atoms with van der Waals surface area (Å²) in [6, 6.07) is 4.78. The summed E-state index contributed by atoms with van der Waals surface area (Å²) < 4.78 is 26.6. The number of nitrogens with zero attached hydrogens (tertiary/aromatic N) is 2. The molecule has 0 radical (unpaired) electrons. The molecule has 1 aromatic carbocycles. The van der Waals surface area contributed by atoms with Crippen LogP contribution in [0.5, 0.6) is 0 Å². The molecule has 0 spiro atoms. The predicted octanol–water partition coefficient (Wildman–Crippen LogP) is 3.66. The van der Waals surface area contributed by atoms with Crippen LogP contribution in [0.2, 0.25) is 5.02 Å². The fourth-order valence-corrected chi connectivity index (χ4v) is 4.50. The van der Waals surface area contributed by atoms with E-state index in [1.807, 2.05) is 6.92 Å². The highest BCUT2D eigenvalue weighted by molar-refractivity contribution is 7.89. The van der Waals surface area contributed by atoms with Gasteiger partial charge in [-0.3, -0.25) is 0 Å². The number of hydrogen-bond donors (Lipinski definition) is 0. The first kappa shape index (κ1) is 16.7. The first-order valence-corrected chi connectivity index (χ1v) is 9.29. The molecule has 0 atom stereocenters. The molecule has 1 heterocycles. The van der Waals surface area contributed by atoms with Crippen LogP contribution in [0.15, 0.2) is 28.6 Å². The molecule has 0 fully saturated rings. The topological polar surface area (TPSA) is 50.3 Å². The van der Waals surface area contributed by atoms with Gasteiger partial charge in [-0.1, -0.05) is 17.7 Å². The van der Waals surface area contributed by atoms with Crippen molar-refractivity contribution in [3.05, 3.63) is 44.9 Å². The highest BCUT2D eigenvalue weighted by Crippen LogP contribution is 2.27. The van der Waals surface area contributed by atoms with E-state index in [2.05, 4.69) is 4.98 Å². The summed E-state index contributed by atoms with van der Waals surface area (Å²) in [6.45, 7) is 2.12. The van der Waals surface area contributed by atoms with Crippen molar-refractivity contribution >= 4 is 44.6 Å². The molecular weight excluding hydrogens is 351 g/mol. The molecule has 0 saturated carbocycles. The Labute approximate surface area is 138 Å². The van der Waals surface area contributed by atoms with Gasteiger partial charge in [-0.2, -0.15) is 4.31 Å². The third kappa shape index (κ3) is 3.57. The monoisotopic (exact) mass is 364 g/mol. The molecule has 0 aliphatic carbocycles. The molecule has 2 rings (SSSR count). The smallest absolute Gasteiger partial charge is 0.244 e. The van der Waals surface area contributed by atoms with Gasteiger partial charge in [0.2, 0.25) is 10.0 Å². The zero-order valence-electron chi connectivity index (χ0n) is 11.5. The molecular formula is C13H14Cl2N2O2S2. The highest BCUT2D eigenvalue weighted by atomic mass is 35.5. The average Bonchev–Trinajstić information content (AvgIpc) is 2.84. The van der Waals surface area contributed by atoms with E-state index in [0.29, 0.717) is 5.56 Å². The van der Waals surface area contributed by atoms with Gasteiger partial charge < -0.3 is 0 Å². The molecule has 2 aromatic rings. The van der Waals surface area contributed by atoms with Crippen LogP contribution >= 0.6 is 34.5 Å². The third-order valence-electron chi connectivity index (χ3n) is 3.05. The standard InChI is InChI=1S/C13H14Cl2N2O2S2/c1-9-12(20-8-16-9)7-17(2)21(18,19)13-5-10(6-14)3-4-11(13)15/h3-5,8H,6-7H2,1-2H3. The summed E-state index contributed by atoms with van der Waals surface area (Å²) in [5.41, 5.74) is 3.25. The Morgan fingerprint density at radius 1 is 1.38 bits per heavy atom. The highest BCUT2D eigenvalue weighted by Gasteiger charge is 2.25. The molecule has 0 unspecified atom stereocenters. The number of aromatic nitrogens is 1. The van der Waals surface area contributed by atoms with Crippen molar-refractivity contribution in [1.82, 2.24) is 9.29 Å². The van der Waals surface area contributed by atoms with Gasteiger partial charge in [-0.15, -0.1) is 22.9 Å². The number of hydrogen-bond acceptors (Lipinski definition) is 4. The quantitative estimate of drug-likeness (QED) is 0.760. The number of sulfonamides is 1. The van der Waals surface area contributed by atoms with Gasteiger partial charge in [0.15, 0.2) is 0 Å². The van der Waals surface area contributed by atoms with Crippen LogP contribution in [0.25, 0.3) is 0 Å². The van der Waals surface area contributed by atoms with Crippen molar-refractivity contribution in [2.45, 2.75) is 24.2 Å². The Morgan fingerprint density at radius 2 is 2.10 bits per heavy atom. The number of rotatable bonds is 5. The largest absolute Gasteiger partial charge is 0.250 e. The van der Waals surface area contributed by atoms with E-state index in [-0.39, 0.29) is 22.3 Å². The number of aryl methyl sites for hydroxylation is 1. The summed E-state index contributed by atoms with van der Waals surface area (Å²) in [7, 11) is -2.15. The maximum Gasteiger partial charge on any atom is 0.244 e. The van der Waals surface area contributed by atoms with Gasteiger partial charge in [-0.05, 0) is 24.6 Å². The fourth-order valence-electron chi connectivity index (χ4n) is 1.76. The Hall–Kier alpha value is -0.660. The number of halogens is 2. The molecule has 8 heteroatoms. The second kappa shape index (κ2) is 6.62. The van der Waals surface area contributed by atoms with Crippen molar-refractivity contribution in [2.24, 2.45) is 0 Å². The summed E-state index contributed by atoms with van der Waals surface area (Å²) in [6.07, 6.45) is 0. The van der Waals surface area contributed by atoms with E-state index in [0.717, 1.165) is 10.6 Å². The normalized spacial score (nSPS) is 12.0. The molecule has 0 N–H and O–H groups in total. The Balaban J connectivity index is 2.35. The lowest BCUT2D eigenvalue weighted by Crippen LogP contribution is -2.26. The van der Waals surface area contributed by atoms with Crippen molar-refractivity contribution < 1.29 is 8.42 Å². The molecule has 0 aliphatic heterocycles. The minimum Gasteiger partial charge on any atom is -0.250 e. The van der Waals surface area contributed by atoms with E-state index < -0.39 is 10.0 Å². The minimum atomic E-state index is -3.67. The maximum atomic E-state index is 12.6. The van der Waals surface area contributed by atoms with Gasteiger partial charge in [-0.25, -0.2) is 13.4 Å². The number of benzene rings is 1. The van der Waals surface area contributed by atoms with Crippen molar-refractivity contribution in [2.75, 3.05) is 7.05 Å². The number of alkyl halides is 1. The Morgan fingerprint density at radius 3 is 2.67 bits per heavy atom. The van der Waals surface area contributed by atoms with Crippen LogP contribution in [0, 0.1) is 6.92 Å². The average molecular weight is 365 g/mol. The predicted molar refractivity (Wildman–Crippen MR) is 86.5 cm³/mol. The SMILES string of the molecule is Cc1ncsc1CN(C)S(=O)(=O)c1cc(CCl)ccc1Cl. The van der Waals surface area contributed by atoms with Crippen LogP contribution in [0.4, 0.5) is 0 Å². The Kier molecular flexibility index (Phi) is 5.27. The van der Waals surface area contributed by atoms with E-state index in [1.54, 1.807) is 17.6 Å². The summed E-state index contributed by atoms with van der Waals surface area (Å²) in [4.78, 5) is 5.11. The molecule has 1 aromatic heterocycles. The third-order valence-corrected chi connectivity index (χ3v) is 6.56. The van der Waals surface area contributed by atoms with Crippen molar-refractivity contribution in [3.63, 3.8) is 0 Å². The summed E-state index contributed by atoms with van der Waals surface area (Å²) in [5.74, 6) is 0.233. The van der Waals surface area contributed by atoms with Gasteiger partial charge in [0.25, 0.3) is 0 Å². The first-order chi connectivity index (χ1) is 9.86. The zero-order chi connectivity index (χ0) is 15.6.